The highest BCUT2D eigenvalue weighted by Gasteiger charge is 2.25. The molecule has 166 valence electrons. The number of aromatic nitrogens is 3. The number of ether oxygens (including phenoxy) is 1. The Labute approximate surface area is 184 Å². The molecule has 2 N–H and O–H groups in total. The lowest BCUT2D eigenvalue weighted by Gasteiger charge is -2.28. The molecule has 0 bridgehead atoms. The third-order valence-electron chi connectivity index (χ3n) is 6.48. The van der Waals surface area contributed by atoms with Crippen LogP contribution in [0, 0.1) is 11.8 Å². The SMILES string of the molecule is CC[C@@H]1CC[C@@H](C(=O)Cc2cc(-c3cncc(NCC4CCOCC4)n3)ccn2)CN1. The first-order valence-electron chi connectivity index (χ1n) is 11.6. The van der Waals surface area contributed by atoms with Gasteiger partial charge in [-0.05, 0) is 50.2 Å². The van der Waals surface area contributed by atoms with Crippen molar-refractivity contribution in [2.75, 3.05) is 31.6 Å². The van der Waals surface area contributed by atoms with Crippen molar-refractivity contribution in [3.8, 4) is 11.3 Å². The molecule has 7 nitrogen and oxygen atoms in total. The summed E-state index contributed by atoms with van der Waals surface area (Å²) in [5.74, 6) is 1.74. The molecule has 0 aliphatic carbocycles. The van der Waals surface area contributed by atoms with E-state index in [4.69, 9.17) is 9.72 Å². The average Bonchev–Trinajstić information content (AvgIpc) is 2.84. The summed E-state index contributed by atoms with van der Waals surface area (Å²) in [4.78, 5) is 26.3. The van der Waals surface area contributed by atoms with Gasteiger partial charge in [-0.3, -0.25) is 14.8 Å². The third-order valence-corrected chi connectivity index (χ3v) is 6.48. The fourth-order valence-corrected chi connectivity index (χ4v) is 4.39. The predicted octanol–water partition coefficient (Wildman–Crippen LogP) is 3.27. The van der Waals surface area contributed by atoms with E-state index in [9.17, 15) is 4.79 Å². The Kier molecular flexibility index (Phi) is 7.59. The van der Waals surface area contributed by atoms with Crippen LogP contribution in [0.15, 0.2) is 30.7 Å². The zero-order chi connectivity index (χ0) is 21.5. The van der Waals surface area contributed by atoms with Crippen LogP contribution in [-0.4, -0.2) is 53.1 Å². The number of carbonyl (C=O) groups excluding carboxylic acids is 1. The van der Waals surface area contributed by atoms with E-state index in [0.29, 0.717) is 18.4 Å². The van der Waals surface area contributed by atoms with E-state index in [1.807, 2.05) is 12.1 Å². The number of nitrogens with zero attached hydrogens (tertiary/aromatic N) is 3. The molecule has 2 aromatic rings. The van der Waals surface area contributed by atoms with Gasteiger partial charge >= 0.3 is 0 Å². The molecule has 2 aliphatic heterocycles. The maximum absolute atomic E-state index is 12.8. The highest BCUT2D eigenvalue weighted by atomic mass is 16.5. The summed E-state index contributed by atoms with van der Waals surface area (Å²) in [7, 11) is 0. The first-order valence-corrected chi connectivity index (χ1v) is 11.6. The predicted molar refractivity (Wildman–Crippen MR) is 121 cm³/mol. The van der Waals surface area contributed by atoms with Crippen LogP contribution < -0.4 is 10.6 Å². The number of carbonyl (C=O) groups is 1. The normalized spacial score (nSPS) is 22.2. The zero-order valence-electron chi connectivity index (χ0n) is 18.3. The van der Waals surface area contributed by atoms with E-state index in [2.05, 4.69) is 27.5 Å². The van der Waals surface area contributed by atoms with Crippen molar-refractivity contribution in [2.24, 2.45) is 11.8 Å². The lowest BCUT2D eigenvalue weighted by Crippen LogP contribution is -2.41. The molecule has 0 amide bonds. The van der Waals surface area contributed by atoms with Gasteiger partial charge in [-0.15, -0.1) is 0 Å². The van der Waals surface area contributed by atoms with Gasteiger partial charge in [-0.2, -0.15) is 0 Å². The van der Waals surface area contributed by atoms with Crippen LogP contribution in [0.25, 0.3) is 11.3 Å². The molecular formula is C24H33N5O2. The van der Waals surface area contributed by atoms with Crippen LogP contribution in [0.4, 0.5) is 5.82 Å². The number of hydrogen-bond donors (Lipinski definition) is 2. The van der Waals surface area contributed by atoms with Gasteiger partial charge in [0.15, 0.2) is 0 Å². The Morgan fingerprint density at radius 1 is 1.23 bits per heavy atom. The second kappa shape index (κ2) is 10.8. The van der Waals surface area contributed by atoms with Crippen LogP contribution in [-0.2, 0) is 16.0 Å². The van der Waals surface area contributed by atoms with Gasteiger partial charge in [0.25, 0.3) is 0 Å². The molecular weight excluding hydrogens is 390 g/mol. The Hall–Kier alpha value is -2.38. The van der Waals surface area contributed by atoms with E-state index in [1.54, 1.807) is 18.6 Å². The summed E-state index contributed by atoms with van der Waals surface area (Å²) < 4.78 is 5.43. The van der Waals surface area contributed by atoms with E-state index in [-0.39, 0.29) is 11.7 Å². The maximum Gasteiger partial charge on any atom is 0.145 e. The molecule has 4 heterocycles. The summed E-state index contributed by atoms with van der Waals surface area (Å²) in [6.45, 7) is 5.53. The molecule has 2 atom stereocenters. The average molecular weight is 424 g/mol. The lowest BCUT2D eigenvalue weighted by molar-refractivity contribution is -0.122. The second-order valence-electron chi connectivity index (χ2n) is 8.69. The number of hydrogen-bond acceptors (Lipinski definition) is 7. The van der Waals surface area contributed by atoms with Crippen LogP contribution >= 0.6 is 0 Å². The molecule has 31 heavy (non-hydrogen) atoms. The van der Waals surface area contributed by atoms with Crippen molar-refractivity contribution in [2.45, 2.75) is 51.5 Å². The number of rotatable bonds is 8. The van der Waals surface area contributed by atoms with E-state index < -0.39 is 0 Å². The highest BCUT2D eigenvalue weighted by Crippen LogP contribution is 2.22. The summed E-state index contributed by atoms with van der Waals surface area (Å²) in [6, 6.07) is 4.44. The van der Waals surface area contributed by atoms with Gasteiger partial charge in [0.1, 0.15) is 11.6 Å². The van der Waals surface area contributed by atoms with Gasteiger partial charge < -0.3 is 15.4 Å². The standard InChI is InChI=1S/C24H33N5O2/c1-2-20-4-3-19(14-27-20)23(30)12-21-11-18(5-8-26-21)22-15-25-16-24(29-22)28-13-17-6-9-31-10-7-17/h5,8,11,15-17,19-20,27H,2-4,6-7,9-10,12-14H2,1H3,(H,28,29)/t19-,20-/m1/s1. The van der Waals surface area contributed by atoms with Crippen molar-refractivity contribution < 1.29 is 9.53 Å². The van der Waals surface area contributed by atoms with Gasteiger partial charge in [-0.25, -0.2) is 4.98 Å². The van der Waals surface area contributed by atoms with Crippen molar-refractivity contribution in [3.05, 3.63) is 36.4 Å². The fraction of sp³-hybridized carbons (Fsp3) is 0.583. The zero-order valence-corrected chi connectivity index (χ0v) is 18.3. The number of piperidine rings is 1. The number of ketones is 1. The number of anilines is 1. The smallest absolute Gasteiger partial charge is 0.145 e. The molecule has 0 aromatic carbocycles. The molecule has 2 fully saturated rings. The van der Waals surface area contributed by atoms with E-state index in [0.717, 1.165) is 81.2 Å². The second-order valence-corrected chi connectivity index (χ2v) is 8.69. The minimum absolute atomic E-state index is 0.0887. The maximum atomic E-state index is 12.8. The van der Waals surface area contributed by atoms with Gasteiger partial charge in [0, 0.05) is 62.1 Å². The van der Waals surface area contributed by atoms with Crippen molar-refractivity contribution in [1.29, 1.82) is 0 Å². The highest BCUT2D eigenvalue weighted by molar-refractivity contribution is 5.83. The van der Waals surface area contributed by atoms with Crippen molar-refractivity contribution in [1.82, 2.24) is 20.3 Å². The molecule has 2 aromatic heterocycles. The van der Waals surface area contributed by atoms with Gasteiger partial charge in [0.2, 0.25) is 0 Å². The van der Waals surface area contributed by atoms with Gasteiger partial charge in [0.05, 0.1) is 18.1 Å². The number of pyridine rings is 1. The topological polar surface area (TPSA) is 89.0 Å². The number of Topliss-reactive ketones (excluding diaryl/α,β-unsaturated/α-hetero) is 1. The molecule has 4 rings (SSSR count). The molecule has 2 aliphatic rings. The molecule has 7 heteroatoms. The molecule has 2 saturated heterocycles. The van der Waals surface area contributed by atoms with Crippen molar-refractivity contribution >= 4 is 11.6 Å². The Bertz CT molecular complexity index is 861. The number of nitrogens with one attached hydrogen (secondary N) is 2. The van der Waals surface area contributed by atoms with Crippen LogP contribution in [0.2, 0.25) is 0 Å². The lowest BCUT2D eigenvalue weighted by atomic mass is 9.88. The molecule has 0 unspecified atom stereocenters. The monoisotopic (exact) mass is 423 g/mol. The van der Waals surface area contributed by atoms with E-state index in [1.165, 1.54) is 0 Å². The summed E-state index contributed by atoms with van der Waals surface area (Å²) in [5, 5.41) is 6.91. The first-order chi connectivity index (χ1) is 15.2. The summed E-state index contributed by atoms with van der Waals surface area (Å²) in [6.07, 6.45) is 11.0. The third kappa shape index (κ3) is 6.08. The van der Waals surface area contributed by atoms with Crippen LogP contribution in [0.1, 0.15) is 44.7 Å². The first kappa shape index (κ1) is 21.8. The largest absolute Gasteiger partial charge is 0.381 e. The molecule has 0 spiro atoms. The van der Waals surface area contributed by atoms with Crippen molar-refractivity contribution in [3.63, 3.8) is 0 Å². The van der Waals surface area contributed by atoms with Crippen LogP contribution in [0.5, 0.6) is 0 Å². The van der Waals surface area contributed by atoms with Crippen LogP contribution in [0.3, 0.4) is 0 Å². The molecule has 0 radical (unpaired) electrons. The summed E-state index contributed by atoms with van der Waals surface area (Å²) >= 11 is 0. The van der Waals surface area contributed by atoms with Gasteiger partial charge in [-0.1, -0.05) is 6.92 Å². The Morgan fingerprint density at radius 2 is 2.10 bits per heavy atom. The minimum atomic E-state index is 0.0887. The fourth-order valence-electron chi connectivity index (χ4n) is 4.39. The molecule has 0 saturated carbocycles. The van der Waals surface area contributed by atoms with E-state index >= 15 is 0 Å². The quantitative estimate of drug-likeness (QED) is 0.674. The Balaban J connectivity index is 1.37. The summed E-state index contributed by atoms with van der Waals surface area (Å²) in [5.41, 5.74) is 2.52. The minimum Gasteiger partial charge on any atom is -0.381 e. The Morgan fingerprint density at radius 3 is 2.87 bits per heavy atom.